The van der Waals surface area contributed by atoms with Gasteiger partial charge in [0.15, 0.2) is 21.4 Å². The number of hydrogen-bond acceptors (Lipinski definition) is 11. The summed E-state index contributed by atoms with van der Waals surface area (Å²) in [6.45, 7) is 6.60. The van der Waals surface area contributed by atoms with Crippen LogP contribution in [0.5, 0.6) is 0 Å². The Bertz CT molecular complexity index is 1100. The molecule has 14 nitrogen and oxygen atoms in total. The van der Waals surface area contributed by atoms with Crippen LogP contribution in [-0.4, -0.2) is 96.5 Å². The fraction of sp³-hybridized carbons (Fsp3) is 0.800. The van der Waals surface area contributed by atoms with Crippen molar-refractivity contribution in [2.75, 3.05) is 24.6 Å². The van der Waals surface area contributed by atoms with Crippen LogP contribution >= 0.6 is 0 Å². The van der Waals surface area contributed by atoms with E-state index in [0.29, 0.717) is 51.6 Å². The maximum atomic E-state index is 13.2. The predicted molar refractivity (Wildman–Crippen MR) is 169 cm³/mol. The molecule has 15 heteroatoms. The van der Waals surface area contributed by atoms with Crippen LogP contribution in [0.3, 0.4) is 0 Å². The number of nitrogens with one attached hydrogen (secondary N) is 2. The third kappa shape index (κ3) is 16.9. The smallest absolute Gasteiger partial charge is 0.372 e. The molecule has 2 amide bonds. The van der Waals surface area contributed by atoms with Gasteiger partial charge < -0.3 is 32.3 Å². The number of nitrogens with two attached hydrogens (primary N) is 2. The van der Waals surface area contributed by atoms with E-state index in [1.807, 2.05) is 6.92 Å². The second-order valence-electron chi connectivity index (χ2n) is 11.8. The SMILES string of the molecule is CCCCS(=O)(=O)C[C@@H](CCCCN)C(=O)N[C@H](C(=O)C[C@@H](C)C(=O)N[C@@H](CCCCN)C(=O)C[C@@H](C)C(=O)C(=O)O)[C@@H](C)O. The second kappa shape index (κ2) is 21.9. The minimum Gasteiger partial charge on any atom is -0.475 e. The van der Waals surface area contributed by atoms with Crippen LogP contribution < -0.4 is 22.1 Å². The summed E-state index contributed by atoms with van der Waals surface area (Å²) in [6.07, 6.45) is 1.47. The molecule has 0 unspecified atom stereocenters. The first-order chi connectivity index (χ1) is 21.0. The molecule has 0 heterocycles. The molecular weight excluding hydrogens is 608 g/mol. The van der Waals surface area contributed by atoms with Crippen LogP contribution in [0, 0.1) is 17.8 Å². The van der Waals surface area contributed by atoms with Crippen LogP contribution in [0.4, 0.5) is 0 Å². The summed E-state index contributed by atoms with van der Waals surface area (Å²) in [4.78, 5) is 75.1. The van der Waals surface area contributed by atoms with Crippen molar-refractivity contribution in [3.05, 3.63) is 0 Å². The first-order valence-electron chi connectivity index (χ1n) is 15.7. The van der Waals surface area contributed by atoms with Gasteiger partial charge in [-0.25, -0.2) is 13.2 Å². The quantitative estimate of drug-likeness (QED) is 0.0539. The molecule has 0 rings (SSSR count). The Balaban J connectivity index is 5.64. The van der Waals surface area contributed by atoms with Gasteiger partial charge in [-0.05, 0) is 58.5 Å². The summed E-state index contributed by atoms with van der Waals surface area (Å²) < 4.78 is 25.2. The van der Waals surface area contributed by atoms with Crippen LogP contribution in [0.1, 0.15) is 91.9 Å². The molecule has 0 aromatic heterocycles. The van der Waals surface area contributed by atoms with Crippen molar-refractivity contribution in [3.63, 3.8) is 0 Å². The molecule has 0 aromatic rings. The number of hydrogen-bond donors (Lipinski definition) is 6. The first kappa shape index (κ1) is 42.2. The fourth-order valence-corrected chi connectivity index (χ4v) is 6.54. The lowest BCUT2D eigenvalue weighted by Crippen LogP contribution is -2.51. The van der Waals surface area contributed by atoms with Crippen LogP contribution in [-0.2, 0) is 38.6 Å². The molecule has 0 aliphatic rings. The lowest BCUT2D eigenvalue weighted by molar-refractivity contribution is -0.151. The second-order valence-corrected chi connectivity index (χ2v) is 14.1. The van der Waals surface area contributed by atoms with Gasteiger partial charge in [-0.1, -0.05) is 33.6 Å². The lowest BCUT2D eigenvalue weighted by atomic mass is 9.92. The highest BCUT2D eigenvalue weighted by Crippen LogP contribution is 2.17. The number of carbonyl (C=O) groups excluding carboxylic acids is 5. The Hall–Kier alpha value is -2.75. The number of rotatable bonds is 26. The fourth-order valence-electron chi connectivity index (χ4n) is 4.71. The van der Waals surface area contributed by atoms with E-state index in [1.165, 1.54) is 20.8 Å². The monoisotopic (exact) mass is 662 g/mol. The number of carboxylic acid groups (broad SMARTS) is 1. The van der Waals surface area contributed by atoms with E-state index in [1.54, 1.807) is 0 Å². The Labute approximate surface area is 266 Å². The topological polar surface area (TPSA) is 253 Å². The van der Waals surface area contributed by atoms with Crippen molar-refractivity contribution >= 4 is 45.0 Å². The molecule has 0 aliphatic heterocycles. The van der Waals surface area contributed by atoms with E-state index in [-0.39, 0.29) is 18.6 Å². The molecule has 260 valence electrons. The molecule has 0 fully saturated rings. The van der Waals surface area contributed by atoms with Crippen LogP contribution in [0.2, 0.25) is 0 Å². The Morgan fingerprint density at radius 1 is 0.756 bits per heavy atom. The van der Waals surface area contributed by atoms with Gasteiger partial charge in [-0.2, -0.15) is 0 Å². The Morgan fingerprint density at radius 2 is 1.31 bits per heavy atom. The van der Waals surface area contributed by atoms with Crippen molar-refractivity contribution in [1.82, 2.24) is 10.6 Å². The summed E-state index contributed by atoms with van der Waals surface area (Å²) in [5, 5.41) is 24.3. The van der Waals surface area contributed by atoms with E-state index in [4.69, 9.17) is 16.6 Å². The van der Waals surface area contributed by atoms with Crippen LogP contribution in [0.25, 0.3) is 0 Å². The molecule has 8 N–H and O–H groups in total. The molecule has 0 saturated heterocycles. The van der Waals surface area contributed by atoms with Crippen molar-refractivity contribution in [2.45, 2.75) is 110 Å². The van der Waals surface area contributed by atoms with Gasteiger partial charge in [0.25, 0.3) is 0 Å². The van der Waals surface area contributed by atoms with E-state index >= 15 is 0 Å². The minimum absolute atomic E-state index is 0.0694. The molecule has 0 aromatic carbocycles. The number of aliphatic hydroxyl groups excluding tert-OH is 1. The highest BCUT2D eigenvalue weighted by Gasteiger charge is 2.34. The molecule has 45 heavy (non-hydrogen) atoms. The number of aliphatic carboxylic acids is 1. The lowest BCUT2D eigenvalue weighted by Gasteiger charge is -2.25. The summed E-state index contributed by atoms with van der Waals surface area (Å²) in [5.41, 5.74) is 11.1. The van der Waals surface area contributed by atoms with Crippen molar-refractivity contribution in [2.24, 2.45) is 29.2 Å². The minimum atomic E-state index is -3.55. The standard InChI is InChI=1S/C30H54N4O10S/c1-5-6-15-45(43,44)18-22(11-7-9-13-31)29(40)34-26(21(4)35)25(37)17-20(3)28(39)33-23(12-8-10-14-32)24(36)16-19(2)27(38)30(41)42/h19-23,26,35H,5-18,31-32H2,1-4H3,(H,33,39)(H,34,40)(H,41,42)/t19-,20-,21-,22-,23+,26+/m1/s1. The van der Waals surface area contributed by atoms with Gasteiger partial charge in [0.1, 0.15) is 6.04 Å². The zero-order chi connectivity index (χ0) is 34.7. The summed E-state index contributed by atoms with van der Waals surface area (Å²) in [5.74, 6) is -8.86. The molecule has 0 radical (unpaired) electrons. The molecule has 6 atom stereocenters. The number of sulfone groups is 1. The summed E-state index contributed by atoms with van der Waals surface area (Å²) >= 11 is 0. The number of carboxylic acids is 1. The average molecular weight is 663 g/mol. The molecular formula is C30H54N4O10S. The number of aliphatic hydroxyl groups is 1. The number of amides is 2. The van der Waals surface area contributed by atoms with E-state index in [2.05, 4.69) is 10.6 Å². The molecule has 0 saturated carbocycles. The number of ketones is 3. The van der Waals surface area contributed by atoms with Gasteiger partial charge in [0.2, 0.25) is 17.6 Å². The molecule has 0 aliphatic carbocycles. The average Bonchev–Trinajstić information content (AvgIpc) is 2.96. The summed E-state index contributed by atoms with van der Waals surface area (Å²) in [7, 11) is -3.55. The van der Waals surface area contributed by atoms with Crippen LogP contribution in [0.15, 0.2) is 0 Å². The van der Waals surface area contributed by atoms with Gasteiger partial charge in [0, 0.05) is 24.7 Å². The Morgan fingerprint density at radius 3 is 1.82 bits per heavy atom. The van der Waals surface area contributed by atoms with E-state index in [9.17, 15) is 42.3 Å². The van der Waals surface area contributed by atoms with E-state index in [0.717, 1.165) is 0 Å². The van der Waals surface area contributed by atoms with Gasteiger partial charge in [-0.3, -0.25) is 24.0 Å². The molecule has 0 bridgehead atoms. The third-order valence-corrected chi connectivity index (χ3v) is 9.36. The van der Waals surface area contributed by atoms with Gasteiger partial charge in [-0.15, -0.1) is 0 Å². The Kier molecular flexibility index (Phi) is 20.6. The highest BCUT2D eigenvalue weighted by atomic mass is 32.2. The van der Waals surface area contributed by atoms with Crippen molar-refractivity contribution in [1.29, 1.82) is 0 Å². The maximum absolute atomic E-state index is 13.2. The highest BCUT2D eigenvalue weighted by molar-refractivity contribution is 7.91. The first-order valence-corrected chi connectivity index (χ1v) is 17.5. The number of carbonyl (C=O) groups is 6. The largest absolute Gasteiger partial charge is 0.475 e. The summed E-state index contributed by atoms with van der Waals surface area (Å²) in [6, 6.07) is -2.45. The number of unbranched alkanes of at least 4 members (excludes halogenated alkanes) is 3. The zero-order valence-electron chi connectivity index (χ0n) is 27.1. The molecule has 0 spiro atoms. The zero-order valence-corrected chi connectivity index (χ0v) is 27.9. The normalized spacial score (nSPS) is 15.6. The predicted octanol–water partition coefficient (Wildman–Crippen LogP) is 0.270. The number of Topliss-reactive ketones (excluding diaryl/α,β-unsaturated/α-hetero) is 3. The maximum Gasteiger partial charge on any atom is 0.372 e. The van der Waals surface area contributed by atoms with E-state index < -0.39 is 99.5 Å². The van der Waals surface area contributed by atoms with Crippen molar-refractivity contribution in [3.8, 4) is 0 Å². The van der Waals surface area contributed by atoms with Gasteiger partial charge >= 0.3 is 5.97 Å². The third-order valence-electron chi connectivity index (χ3n) is 7.54. The van der Waals surface area contributed by atoms with Gasteiger partial charge in [0.05, 0.1) is 29.6 Å². The van der Waals surface area contributed by atoms with Crippen molar-refractivity contribution < 1.29 is 47.4 Å².